The molecular weight excluding hydrogens is 500 g/mol. The Morgan fingerprint density at radius 3 is 2.05 bits per heavy atom. The van der Waals surface area contributed by atoms with Crippen molar-refractivity contribution in [2.45, 2.75) is 12.5 Å². The molecule has 2 atom stereocenters. The van der Waals surface area contributed by atoms with Crippen LogP contribution in [0.4, 0.5) is 14.5 Å². The summed E-state index contributed by atoms with van der Waals surface area (Å²) in [6, 6.07) is 26.7. The minimum absolute atomic E-state index is 0.140. The smallest absolute Gasteiger partial charge is 0.343 e. The number of carbonyl (C=O) groups excluding carboxylic acids is 2. The molecule has 4 aromatic rings. The topological polar surface area (TPSA) is 66.8 Å². The molecule has 0 radical (unpaired) electrons. The first-order valence-electron chi connectivity index (χ1n) is 12.5. The number of benzene rings is 4. The summed E-state index contributed by atoms with van der Waals surface area (Å²) in [5.74, 6) is -1.48. The van der Waals surface area contributed by atoms with E-state index in [0.29, 0.717) is 34.6 Å². The minimum Gasteiger partial charge on any atom is -0.423 e. The van der Waals surface area contributed by atoms with E-state index in [1.807, 2.05) is 6.07 Å². The number of anilines is 1. The van der Waals surface area contributed by atoms with E-state index in [1.165, 1.54) is 24.3 Å². The van der Waals surface area contributed by atoms with Crippen LogP contribution in [0.25, 0.3) is 5.57 Å². The zero-order valence-electron chi connectivity index (χ0n) is 20.8. The summed E-state index contributed by atoms with van der Waals surface area (Å²) < 4.78 is 32.4. The average Bonchev–Trinajstić information content (AvgIpc) is 2.96. The number of nitrogens with zero attached hydrogens (tertiary/aromatic N) is 1. The molecule has 1 saturated heterocycles. The van der Waals surface area contributed by atoms with E-state index < -0.39 is 17.7 Å². The molecule has 7 heteroatoms. The minimum atomic E-state index is -0.476. The third kappa shape index (κ3) is 5.63. The first-order valence-corrected chi connectivity index (χ1v) is 12.5. The number of halogens is 2. The molecule has 0 saturated carbocycles. The molecule has 1 aliphatic rings. The molecule has 1 amide bonds. The van der Waals surface area contributed by atoms with E-state index in [0.717, 1.165) is 5.56 Å². The lowest BCUT2D eigenvalue weighted by atomic mass is 9.79. The van der Waals surface area contributed by atoms with Gasteiger partial charge >= 0.3 is 5.97 Å². The summed E-state index contributed by atoms with van der Waals surface area (Å²) in [6.45, 7) is -0.264. The van der Waals surface area contributed by atoms with Gasteiger partial charge in [-0.15, -0.1) is 0 Å². The molecule has 0 aromatic heterocycles. The zero-order chi connectivity index (χ0) is 27.4. The van der Waals surface area contributed by atoms with Crippen molar-refractivity contribution in [3.8, 4) is 5.75 Å². The van der Waals surface area contributed by atoms with Gasteiger partial charge in [-0.2, -0.15) is 0 Å². The van der Waals surface area contributed by atoms with E-state index >= 15 is 0 Å². The third-order valence-electron chi connectivity index (χ3n) is 6.76. The van der Waals surface area contributed by atoms with Crippen LogP contribution >= 0.6 is 0 Å². The van der Waals surface area contributed by atoms with Gasteiger partial charge in [0.1, 0.15) is 17.4 Å². The van der Waals surface area contributed by atoms with Crippen molar-refractivity contribution in [1.29, 1.82) is 0 Å². The number of rotatable bonds is 8. The number of carbonyl (C=O) groups is 2. The lowest BCUT2D eigenvalue weighted by Crippen LogP contribution is -2.55. The predicted molar refractivity (Wildman–Crippen MR) is 144 cm³/mol. The fourth-order valence-electron chi connectivity index (χ4n) is 4.73. The number of hydrogen-bond donors (Lipinski definition) is 1. The van der Waals surface area contributed by atoms with Crippen molar-refractivity contribution in [2.75, 3.05) is 11.5 Å². The van der Waals surface area contributed by atoms with E-state index in [1.54, 1.807) is 83.8 Å². The Bertz CT molecular complexity index is 1480. The second-order valence-corrected chi connectivity index (χ2v) is 9.19. The Morgan fingerprint density at radius 1 is 0.821 bits per heavy atom. The monoisotopic (exact) mass is 525 g/mol. The standard InChI is InChI=1S/C32H25F2NO4/c33-25-11-6-21(7-12-25)24(20-36)10-19-29-30(35(31(29)37)27-15-13-26(34)14-16-27)22-8-17-28(18-9-22)39-32(38)23-4-2-1-3-5-23/h1-18,29-30,36H,19-20H2/t29-,30-/m1/s1. The fourth-order valence-corrected chi connectivity index (χ4v) is 4.73. The van der Waals surface area contributed by atoms with E-state index in [2.05, 4.69) is 0 Å². The van der Waals surface area contributed by atoms with E-state index in [9.17, 15) is 23.5 Å². The van der Waals surface area contributed by atoms with Gasteiger partial charge in [0.05, 0.1) is 24.1 Å². The van der Waals surface area contributed by atoms with E-state index in [-0.39, 0.29) is 24.4 Å². The lowest BCUT2D eigenvalue weighted by molar-refractivity contribution is -0.130. The zero-order valence-corrected chi connectivity index (χ0v) is 20.8. The molecule has 1 fully saturated rings. The number of aliphatic hydroxyl groups excluding tert-OH is 1. The summed E-state index contributed by atoms with van der Waals surface area (Å²) in [7, 11) is 0. The molecule has 5 nitrogen and oxygen atoms in total. The Kier molecular flexibility index (Phi) is 7.61. The van der Waals surface area contributed by atoms with Crippen LogP contribution in [0.5, 0.6) is 5.75 Å². The summed E-state index contributed by atoms with van der Waals surface area (Å²) in [5.41, 5.74) is 3.06. The van der Waals surface area contributed by atoms with Gasteiger partial charge in [0.15, 0.2) is 0 Å². The molecule has 196 valence electrons. The van der Waals surface area contributed by atoms with Gasteiger partial charge in [0.2, 0.25) is 5.91 Å². The Labute approximate surface area is 224 Å². The van der Waals surface area contributed by atoms with Gasteiger partial charge in [-0.25, -0.2) is 13.6 Å². The molecule has 0 unspecified atom stereocenters. The van der Waals surface area contributed by atoms with Gasteiger partial charge < -0.3 is 14.7 Å². The number of amides is 1. The van der Waals surface area contributed by atoms with Crippen LogP contribution in [0.2, 0.25) is 0 Å². The Morgan fingerprint density at radius 2 is 1.44 bits per heavy atom. The highest BCUT2D eigenvalue weighted by Gasteiger charge is 2.48. The van der Waals surface area contributed by atoms with Crippen LogP contribution in [-0.2, 0) is 4.79 Å². The summed E-state index contributed by atoms with van der Waals surface area (Å²) >= 11 is 0. The summed E-state index contributed by atoms with van der Waals surface area (Å²) in [5, 5.41) is 9.91. The van der Waals surface area contributed by atoms with Crippen LogP contribution in [0.15, 0.2) is 109 Å². The van der Waals surface area contributed by atoms with Gasteiger partial charge in [-0.1, -0.05) is 48.5 Å². The van der Waals surface area contributed by atoms with Gasteiger partial charge in [0.25, 0.3) is 0 Å². The quantitative estimate of drug-likeness (QED) is 0.165. The fraction of sp³-hybridized carbons (Fsp3) is 0.125. The second-order valence-electron chi connectivity index (χ2n) is 9.19. The Balaban J connectivity index is 1.40. The first-order chi connectivity index (χ1) is 18.9. The summed E-state index contributed by atoms with van der Waals surface area (Å²) in [6.07, 6.45) is 2.13. The largest absolute Gasteiger partial charge is 0.423 e. The van der Waals surface area contributed by atoms with Crippen molar-refractivity contribution in [3.63, 3.8) is 0 Å². The predicted octanol–water partition coefficient (Wildman–Crippen LogP) is 6.35. The SMILES string of the molecule is O=C(Oc1ccc([C@@H]2[C@@H](CC=C(CO)c3ccc(F)cc3)C(=O)N2c2ccc(F)cc2)cc1)c1ccccc1. The van der Waals surface area contributed by atoms with Crippen LogP contribution in [0, 0.1) is 17.6 Å². The highest BCUT2D eigenvalue weighted by molar-refractivity contribution is 6.03. The van der Waals surface area contributed by atoms with Gasteiger partial charge in [0, 0.05) is 5.69 Å². The number of esters is 1. The lowest BCUT2D eigenvalue weighted by Gasteiger charge is -2.47. The van der Waals surface area contributed by atoms with Crippen LogP contribution < -0.4 is 9.64 Å². The maximum absolute atomic E-state index is 13.6. The molecule has 0 aliphatic carbocycles. The molecule has 5 rings (SSSR count). The molecule has 1 aliphatic heterocycles. The summed E-state index contributed by atoms with van der Waals surface area (Å²) in [4.78, 5) is 27.3. The molecule has 39 heavy (non-hydrogen) atoms. The number of β-lactam (4-membered cyclic amide) rings is 1. The average molecular weight is 526 g/mol. The van der Waals surface area contributed by atoms with Gasteiger partial charge in [-0.3, -0.25) is 4.79 Å². The van der Waals surface area contributed by atoms with Crippen molar-refractivity contribution < 1.29 is 28.2 Å². The third-order valence-corrected chi connectivity index (χ3v) is 6.76. The van der Waals surface area contributed by atoms with Crippen LogP contribution in [-0.4, -0.2) is 23.6 Å². The van der Waals surface area contributed by atoms with Crippen molar-refractivity contribution in [2.24, 2.45) is 5.92 Å². The molecular formula is C32H25F2NO4. The Hall–Kier alpha value is -4.62. The number of hydrogen-bond acceptors (Lipinski definition) is 4. The molecule has 0 bridgehead atoms. The van der Waals surface area contributed by atoms with E-state index in [4.69, 9.17) is 4.74 Å². The molecule has 1 heterocycles. The second kappa shape index (κ2) is 11.4. The first kappa shape index (κ1) is 26.0. The molecule has 1 N–H and O–H groups in total. The van der Waals surface area contributed by atoms with Crippen LogP contribution in [0.3, 0.4) is 0 Å². The highest BCUT2D eigenvalue weighted by atomic mass is 19.1. The number of allylic oxidation sites excluding steroid dienone is 1. The molecule has 4 aromatic carbocycles. The van der Waals surface area contributed by atoms with Crippen molar-refractivity contribution in [3.05, 3.63) is 138 Å². The highest BCUT2D eigenvalue weighted by Crippen LogP contribution is 2.46. The van der Waals surface area contributed by atoms with Crippen molar-refractivity contribution >= 4 is 23.1 Å². The van der Waals surface area contributed by atoms with Crippen molar-refractivity contribution in [1.82, 2.24) is 0 Å². The number of ether oxygens (including phenoxy) is 1. The number of aliphatic hydroxyl groups is 1. The molecule has 0 spiro atoms. The van der Waals surface area contributed by atoms with Crippen LogP contribution in [0.1, 0.15) is 33.9 Å². The van der Waals surface area contributed by atoms with Gasteiger partial charge in [-0.05, 0) is 83.8 Å². The normalized spacial score (nSPS) is 17.1. The maximum Gasteiger partial charge on any atom is 0.343 e. The maximum atomic E-state index is 13.6.